The van der Waals surface area contributed by atoms with Crippen LogP contribution in [0.3, 0.4) is 0 Å². The molecule has 0 unspecified atom stereocenters. The smallest absolute Gasteiger partial charge is 0.343 e. The van der Waals surface area contributed by atoms with E-state index >= 15 is 0 Å². The highest BCUT2D eigenvalue weighted by atomic mass is 35.5. The van der Waals surface area contributed by atoms with Gasteiger partial charge in [-0.1, -0.05) is 23.2 Å². The van der Waals surface area contributed by atoms with Gasteiger partial charge in [0.05, 0.1) is 11.6 Å². The van der Waals surface area contributed by atoms with Crippen molar-refractivity contribution in [3.63, 3.8) is 0 Å². The van der Waals surface area contributed by atoms with Crippen molar-refractivity contribution in [2.75, 3.05) is 20.7 Å². The van der Waals surface area contributed by atoms with E-state index in [4.69, 9.17) is 27.9 Å². The molecule has 1 heterocycles. The van der Waals surface area contributed by atoms with Gasteiger partial charge in [-0.3, -0.25) is 4.79 Å². The van der Waals surface area contributed by atoms with E-state index in [1.54, 1.807) is 26.0 Å². The molecule has 1 N–H and O–H groups in total. The number of carbonyl (C=O) groups is 2. The lowest BCUT2D eigenvalue weighted by Gasteiger charge is -2.12. The normalized spacial score (nSPS) is 11.4. The summed E-state index contributed by atoms with van der Waals surface area (Å²) in [4.78, 5) is 28.1. The van der Waals surface area contributed by atoms with Gasteiger partial charge in [0.15, 0.2) is 0 Å². The number of aromatic nitrogens is 1. The molecule has 6 nitrogen and oxygen atoms in total. The van der Waals surface area contributed by atoms with Gasteiger partial charge in [0.1, 0.15) is 10.7 Å². The van der Waals surface area contributed by atoms with E-state index in [1.165, 1.54) is 18.5 Å². The van der Waals surface area contributed by atoms with Crippen LogP contribution in [-0.4, -0.2) is 42.4 Å². The molecule has 0 atom stereocenters. The molecule has 0 bridgehead atoms. The summed E-state index contributed by atoms with van der Waals surface area (Å²) in [7, 11) is 3.42. The van der Waals surface area contributed by atoms with Crippen molar-refractivity contribution < 1.29 is 14.3 Å². The Balaban J connectivity index is 3.18. The van der Waals surface area contributed by atoms with Crippen LogP contribution in [0.1, 0.15) is 17.3 Å². The molecule has 1 aromatic rings. The second-order valence-corrected chi connectivity index (χ2v) is 4.91. The lowest BCUT2D eigenvalue weighted by Crippen LogP contribution is -2.28. The van der Waals surface area contributed by atoms with E-state index in [2.05, 4.69) is 10.4 Å². The van der Waals surface area contributed by atoms with Gasteiger partial charge in [-0.25, -0.2) is 14.8 Å². The number of carbonyl (C=O) groups excluding carboxylic acids is 2. The highest BCUT2D eigenvalue weighted by molar-refractivity contribution is 6.38. The number of pyridine rings is 1. The summed E-state index contributed by atoms with van der Waals surface area (Å²) in [5.41, 5.74) is 2.62. The number of ketones is 1. The highest BCUT2D eigenvalue weighted by Gasteiger charge is 2.23. The zero-order valence-electron chi connectivity index (χ0n) is 11.8. The largest absolute Gasteiger partial charge is 0.462 e. The minimum Gasteiger partial charge on any atom is -0.462 e. The molecule has 0 aliphatic rings. The Labute approximate surface area is 132 Å². The van der Waals surface area contributed by atoms with Crippen molar-refractivity contribution in [2.24, 2.45) is 0 Å². The first-order valence-electron chi connectivity index (χ1n) is 6.03. The molecular weight excluding hydrogens is 317 g/mol. The fraction of sp³-hybridized carbons (Fsp3) is 0.308. The van der Waals surface area contributed by atoms with E-state index in [-0.39, 0.29) is 27.9 Å². The summed E-state index contributed by atoms with van der Waals surface area (Å²) in [5.74, 6) is -1.35. The Bertz CT molecular complexity index is 574. The van der Waals surface area contributed by atoms with E-state index in [9.17, 15) is 9.59 Å². The van der Waals surface area contributed by atoms with E-state index in [0.717, 1.165) is 0 Å². The first-order valence-corrected chi connectivity index (χ1v) is 6.79. The quantitative estimate of drug-likeness (QED) is 0.164. The number of hydrazine groups is 1. The molecule has 0 saturated carbocycles. The molecule has 21 heavy (non-hydrogen) atoms. The highest BCUT2D eigenvalue weighted by Crippen LogP contribution is 2.21. The van der Waals surface area contributed by atoms with E-state index in [1.807, 2.05) is 0 Å². The van der Waals surface area contributed by atoms with Crippen molar-refractivity contribution in [1.82, 2.24) is 15.4 Å². The molecule has 0 spiro atoms. The summed E-state index contributed by atoms with van der Waals surface area (Å²) in [6, 6.07) is 1.30. The van der Waals surface area contributed by atoms with Crippen molar-refractivity contribution in [1.29, 1.82) is 0 Å². The number of esters is 1. The van der Waals surface area contributed by atoms with Crippen molar-refractivity contribution >= 4 is 35.0 Å². The minimum absolute atomic E-state index is 0.0801. The maximum Gasteiger partial charge on any atom is 0.343 e. The van der Waals surface area contributed by atoms with E-state index in [0.29, 0.717) is 0 Å². The number of nitrogens with one attached hydrogen (secondary N) is 1. The first kappa shape index (κ1) is 17.4. The molecule has 0 aliphatic heterocycles. The Hall–Kier alpha value is -1.63. The van der Waals surface area contributed by atoms with Crippen molar-refractivity contribution in [3.05, 3.63) is 39.8 Å². The van der Waals surface area contributed by atoms with Gasteiger partial charge < -0.3 is 10.2 Å². The number of hydrogen-bond acceptors (Lipinski definition) is 6. The molecule has 114 valence electrons. The summed E-state index contributed by atoms with van der Waals surface area (Å²) in [6.07, 6.45) is 2.50. The van der Waals surface area contributed by atoms with E-state index < -0.39 is 11.8 Å². The van der Waals surface area contributed by atoms with Crippen molar-refractivity contribution in [2.45, 2.75) is 6.92 Å². The molecule has 8 heteroatoms. The third-order valence-electron chi connectivity index (χ3n) is 2.27. The minimum atomic E-state index is -0.749. The number of hydrogen-bond donors (Lipinski definition) is 1. The molecule has 1 aromatic heterocycles. The monoisotopic (exact) mass is 331 g/mol. The molecule has 0 aliphatic carbocycles. The summed E-state index contributed by atoms with van der Waals surface area (Å²) in [6.45, 7) is 1.80. The lowest BCUT2D eigenvalue weighted by molar-refractivity contribution is -0.138. The number of nitrogens with zero attached hydrogens (tertiary/aromatic N) is 2. The molecule has 0 aromatic carbocycles. The summed E-state index contributed by atoms with van der Waals surface area (Å²) >= 11 is 11.7. The van der Waals surface area contributed by atoms with Crippen molar-refractivity contribution in [3.8, 4) is 0 Å². The van der Waals surface area contributed by atoms with Gasteiger partial charge in [-0.05, 0) is 13.0 Å². The second-order valence-electron chi connectivity index (χ2n) is 4.12. The zero-order chi connectivity index (χ0) is 16.0. The number of rotatable bonds is 6. The SMILES string of the molecule is CCOC(=O)C(=CNN(C)C)C(=O)c1cc(Cl)ncc1Cl. The topological polar surface area (TPSA) is 71.5 Å². The van der Waals surface area contributed by atoms with Gasteiger partial charge in [-0.15, -0.1) is 0 Å². The van der Waals surface area contributed by atoms with Gasteiger partial charge in [0, 0.05) is 32.1 Å². The van der Waals surface area contributed by atoms with Gasteiger partial charge in [0.25, 0.3) is 0 Å². The Kier molecular flexibility index (Phi) is 6.61. The third kappa shape index (κ3) is 5.00. The second kappa shape index (κ2) is 7.97. The fourth-order valence-corrected chi connectivity index (χ4v) is 1.70. The number of ether oxygens (including phenoxy) is 1. The molecule has 0 radical (unpaired) electrons. The number of Topliss-reactive ketones (excluding diaryl/α,β-unsaturated/α-hetero) is 1. The zero-order valence-corrected chi connectivity index (χ0v) is 13.3. The first-order chi connectivity index (χ1) is 9.86. The maximum atomic E-state index is 12.4. The van der Waals surface area contributed by atoms with Crippen LogP contribution in [-0.2, 0) is 9.53 Å². The molecular formula is C13H15Cl2N3O3. The van der Waals surface area contributed by atoms with Gasteiger partial charge >= 0.3 is 5.97 Å². The van der Waals surface area contributed by atoms with Crippen LogP contribution in [0.25, 0.3) is 0 Å². The Morgan fingerprint density at radius 1 is 1.43 bits per heavy atom. The van der Waals surface area contributed by atoms with Crippen LogP contribution < -0.4 is 5.43 Å². The molecule has 1 rings (SSSR count). The van der Waals surface area contributed by atoms with Crippen LogP contribution in [0.4, 0.5) is 0 Å². The van der Waals surface area contributed by atoms with Crippen LogP contribution in [0.15, 0.2) is 24.0 Å². The van der Waals surface area contributed by atoms with Crippen LogP contribution >= 0.6 is 23.2 Å². The standard InChI is InChI=1S/C13H15Cl2N3O3/c1-4-21-13(20)9(6-17-18(2)3)12(19)8-5-11(15)16-7-10(8)14/h5-7,17H,4H2,1-3H3. The molecule has 0 fully saturated rings. The Morgan fingerprint density at radius 3 is 2.67 bits per heavy atom. The molecule has 0 saturated heterocycles. The predicted octanol–water partition coefficient (Wildman–Crippen LogP) is 2.08. The van der Waals surface area contributed by atoms with Gasteiger partial charge in [0.2, 0.25) is 5.78 Å². The number of halogens is 2. The van der Waals surface area contributed by atoms with Crippen LogP contribution in [0, 0.1) is 0 Å². The fourth-order valence-electron chi connectivity index (χ4n) is 1.35. The maximum absolute atomic E-state index is 12.4. The lowest BCUT2D eigenvalue weighted by atomic mass is 10.1. The Morgan fingerprint density at radius 2 is 2.10 bits per heavy atom. The molecule has 0 amide bonds. The predicted molar refractivity (Wildman–Crippen MR) is 80.1 cm³/mol. The summed E-state index contributed by atoms with van der Waals surface area (Å²) in [5, 5.41) is 1.77. The third-order valence-corrected chi connectivity index (χ3v) is 2.78. The average molecular weight is 332 g/mol. The summed E-state index contributed by atoms with van der Waals surface area (Å²) < 4.78 is 4.87. The van der Waals surface area contributed by atoms with Crippen LogP contribution in [0.2, 0.25) is 10.2 Å². The average Bonchev–Trinajstić information content (AvgIpc) is 2.41. The van der Waals surface area contributed by atoms with Crippen LogP contribution in [0.5, 0.6) is 0 Å². The van der Waals surface area contributed by atoms with Gasteiger partial charge in [-0.2, -0.15) is 0 Å².